The maximum Gasteiger partial charge on any atom is 0.0805 e. The minimum atomic E-state index is 0.287. The fourth-order valence-corrected chi connectivity index (χ4v) is 4.88. The van der Waals surface area contributed by atoms with E-state index in [4.69, 9.17) is 4.98 Å². The summed E-state index contributed by atoms with van der Waals surface area (Å²) in [6, 6.07) is 30.2. The van der Waals surface area contributed by atoms with Crippen molar-refractivity contribution in [1.82, 2.24) is 9.97 Å². The first-order chi connectivity index (χ1) is 16.5. The number of rotatable bonds is 5. The summed E-state index contributed by atoms with van der Waals surface area (Å²) in [5.41, 5.74) is 11.9. The molecule has 34 heavy (non-hydrogen) atoms. The lowest BCUT2D eigenvalue weighted by molar-refractivity contribution is 0.835. The van der Waals surface area contributed by atoms with Crippen molar-refractivity contribution in [3.63, 3.8) is 0 Å². The highest BCUT2D eigenvalue weighted by Gasteiger charge is 2.26. The molecule has 0 atom stereocenters. The van der Waals surface area contributed by atoms with E-state index in [1.807, 2.05) is 0 Å². The highest BCUT2D eigenvalue weighted by molar-refractivity contribution is 6.09. The summed E-state index contributed by atoms with van der Waals surface area (Å²) >= 11 is 0. The van der Waals surface area contributed by atoms with E-state index < -0.39 is 0 Å². The summed E-state index contributed by atoms with van der Waals surface area (Å²) in [6.45, 7) is 11.2. The van der Waals surface area contributed by atoms with Crippen molar-refractivity contribution in [2.45, 2.75) is 46.5 Å². The third-order valence-electron chi connectivity index (χ3n) is 6.58. The molecule has 0 radical (unpaired) electrons. The molecule has 0 saturated heterocycles. The van der Waals surface area contributed by atoms with Crippen LogP contribution < -0.4 is 0 Å². The summed E-state index contributed by atoms with van der Waals surface area (Å²) in [5.74, 6) is 0.642. The standard InChI is InChI=1S/C32H32N2/c1-20(2)29-26(23-12-8-6-9-13-23)28-30(21(3)4)33-31(25-18-16-22(5)17-19-25)27(32(28)34-29)24-14-10-7-11-15-24/h6-21,34H,1-5H3. The normalized spacial score (nSPS) is 11.6. The summed E-state index contributed by atoms with van der Waals surface area (Å²) in [7, 11) is 0. The quantitative estimate of drug-likeness (QED) is 0.288. The third kappa shape index (κ3) is 3.84. The lowest BCUT2D eigenvalue weighted by atomic mass is 9.90. The van der Waals surface area contributed by atoms with Gasteiger partial charge in [-0.15, -0.1) is 0 Å². The molecule has 0 spiro atoms. The maximum absolute atomic E-state index is 5.42. The van der Waals surface area contributed by atoms with Crippen LogP contribution in [0.15, 0.2) is 84.9 Å². The molecular weight excluding hydrogens is 412 g/mol. The summed E-state index contributed by atoms with van der Waals surface area (Å²) in [4.78, 5) is 9.32. The van der Waals surface area contributed by atoms with Crippen LogP contribution in [0.25, 0.3) is 44.4 Å². The molecule has 0 bridgehead atoms. The Labute approximate surface area is 202 Å². The predicted molar refractivity (Wildman–Crippen MR) is 145 cm³/mol. The van der Waals surface area contributed by atoms with E-state index in [2.05, 4.69) is 125 Å². The lowest BCUT2D eigenvalue weighted by Crippen LogP contribution is -2.00. The van der Waals surface area contributed by atoms with Gasteiger partial charge in [0.2, 0.25) is 0 Å². The number of nitrogens with one attached hydrogen (secondary N) is 1. The van der Waals surface area contributed by atoms with Crippen LogP contribution in [0.4, 0.5) is 0 Å². The van der Waals surface area contributed by atoms with Gasteiger partial charge >= 0.3 is 0 Å². The highest BCUT2D eigenvalue weighted by Crippen LogP contribution is 2.45. The molecule has 170 valence electrons. The van der Waals surface area contributed by atoms with Crippen molar-refractivity contribution in [3.8, 4) is 33.5 Å². The molecule has 0 fully saturated rings. The van der Waals surface area contributed by atoms with E-state index in [0.29, 0.717) is 5.92 Å². The molecule has 2 aromatic heterocycles. The van der Waals surface area contributed by atoms with Gasteiger partial charge in [-0.2, -0.15) is 0 Å². The Morgan fingerprint density at radius 1 is 0.618 bits per heavy atom. The van der Waals surface area contributed by atoms with E-state index in [-0.39, 0.29) is 5.92 Å². The van der Waals surface area contributed by atoms with Crippen molar-refractivity contribution in [2.75, 3.05) is 0 Å². The largest absolute Gasteiger partial charge is 0.357 e. The molecule has 2 nitrogen and oxygen atoms in total. The summed E-state index contributed by atoms with van der Waals surface area (Å²) in [6.07, 6.45) is 0. The second kappa shape index (κ2) is 8.95. The van der Waals surface area contributed by atoms with Gasteiger partial charge in [-0.25, -0.2) is 0 Å². The van der Waals surface area contributed by atoms with Crippen molar-refractivity contribution < 1.29 is 0 Å². The Kier molecular flexibility index (Phi) is 5.83. The molecule has 3 aromatic carbocycles. The fraction of sp³-hybridized carbons (Fsp3) is 0.219. The third-order valence-corrected chi connectivity index (χ3v) is 6.58. The van der Waals surface area contributed by atoms with E-state index in [9.17, 15) is 0 Å². The van der Waals surface area contributed by atoms with Crippen molar-refractivity contribution in [2.24, 2.45) is 0 Å². The molecule has 0 aliphatic carbocycles. The smallest absolute Gasteiger partial charge is 0.0805 e. The maximum atomic E-state index is 5.42. The Morgan fingerprint density at radius 3 is 1.71 bits per heavy atom. The van der Waals surface area contributed by atoms with Gasteiger partial charge in [0.05, 0.1) is 16.9 Å². The highest BCUT2D eigenvalue weighted by atomic mass is 14.8. The first kappa shape index (κ1) is 22.2. The van der Waals surface area contributed by atoms with Crippen LogP contribution >= 0.6 is 0 Å². The number of hydrogen-bond donors (Lipinski definition) is 1. The molecule has 0 saturated carbocycles. The number of nitrogens with zero attached hydrogens (tertiary/aromatic N) is 1. The van der Waals surface area contributed by atoms with Crippen LogP contribution in [0, 0.1) is 6.92 Å². The average molecular weight is 445 g/mol. The minimum Gasteiger partial charge on any atom is -0.357 e. The lowest BCUT2D eigenvalue weighted by Gasteiger charge is -2.17. The molecule has 2 heterocycles. The van der Waals surface area contributed by atoms with Gasteiger partial charge in [-0.05, 0) is 29.9 Å². The Morgan fingerprint density at radius 2 is 1.18 bits per heavy atom. The second-order valence-electron chi connectivity index (χ2n) is 9.79. The van der Waals surface area contributed by atoms with Crippen molar-refractivity contribution in [3.05, 3.63) is 102 Å². The monoisotopic (exact) mass is 444 g/mol. The average Bonchev–Trinajstić information content (AvgIpc) is 3.25. The number of H-pyrrole nitrogens is 1. The summed E-state index contributed by atoms with van der Waals surface area (Å²) in [5, 5.41) is 1.25. The topological polar surface area (TPSA) is 28.7 Å². The minimum absolute atomic E-state index is 0.287. The Hall–Kier alpha value is -3.65. The number of pyridine rings is 1. The van der Waals surface area contributed by atoms with E-state index >= 15 is 0 Å². The molecule has 0 amide bonds. The summed E-state index contributed by atoms with van der Waals surface area (Å²) < 4.78 is 0. The molecule has 1 N–H and O–H groups in total. The zero-order valence-electron chi connectivity index (χ0n) is 20.7. The zero-order chi connectivity index (χ0) is 23.8. The Bertz CT molecular complexity index is 1420. The predicted octanol–water partition coefficient (Wildman–Crippen LogP) is 9.12. The van der Waals surface area contributed by atoms with E-state index in [0.717, 1.165) is 17.0 Å². The van der Waals surface area contributed by atoms with Crippen LogP contribution in [-0.4, -0.2) is 9.97 Å². The zero-order valence-corrected chi connectivity index (χ0v) is 20.7. The molecule has 5 aromatic rings. The van der Waals surface area contributed by atoms with Gasteiger partial charge in [0.15, 0.2) is 0 Å². The first-order valence-electron chi connectivity index (χ1n) is 12.2. The van der Waals surface area contributed by atoms with Gasteiger partial charge < -0.3 is 4.98 Å². The molecule has 5 rings (SSSR count). The van der Waals surface area contributed by atoms with Gasteiger partial charge in [0.25, 0.3) is 0 Å². The molecule has 0 aliphatic rings. The first-order valence-corrected chi connectivity index (χ1v) is 12.2. The van der Waals surface area contributed by atoms with E-state index in [1.54, 1.807) is 0 Å². The van der Waals surface area contributed by atoms with Crippen LogP contribution in [0.3, 0.4) is 0 Å². The number of aromatic nitrogens is 2. The van der Waals surface area contributed by atoms with Crippen LogP contribution in [0.2, 0.25) is 0 Å². The molecule has 0 unspecified atom stereocenters. The van der Waals surface area contributed by atoms with Gasteiger partial charge in [-0.1, -0.05) is 118 Å². The van der Waals surface area contributed by atoms with Crippen LogP contribution in [0.1, 0.15) is 56.5 Å². The van der Waals surface area contributed by atoms with Gasteiger partial charge in [0.1, 0.15) is 0 Å². The number of benzene rings is 3. The second-order valence-corrected chi connectivity index (χ2v) is 9.79. The number of fused-ring (bicyclic) bond motifs is 1. The molecule has 0 aliphatic heterocycles. The Balaban J connectivity index is 1.98. The van der Waals surface area contributed by atoms with Gasteiger partial charge in [-0.3, -0.25) is 4.98 Å². The molecular formula is C32H32N2. The van der Waals surface area contributed by atoms with Crippen molar-refractivity contribution in [1.29, 1.82) is 0 Å². The van der Waals surface area contributed by atoms with Gasteiger partial charge in [0, 0.05) is 27.8 Å². The molecule has 2 heteroatoms. The number of aryl methyl sites for hydroxylation is 1. The number of aromatic amines is 1. The van der Waals surface area contributed by atoms with E-state index in [1.165, 1.54) is 44.4 Å². The van der Waals surface area contributed by atoms with Crippen molar-refractivity contribution >= 4 is 10.9 Å². The van der Waals surface area contributed by atoms with Crippen LogP contribution in [-0.2, 0) is 0 Å². The fourth-order valence-electron chi connectivity index (χ4n) is 4.88. The number of hydrogen-bond acceptors (Lipinski definition) is 1. The SMILES string of the molecule is Cc1ccc(-c2nc(C(C)C)c3c(-c4ccccc4)c(C(C)C)[nH]c3c2-c2ccccc2)cc1. The van der Waals surface area contributed by atoms with Crippen LogP contribution in [0.5, 0.6) is 0 Å².